The third kappa shape index (κ3) is 4.14. The zero-order valence-corrected chi connectivity index (χ0v) is 14.1. The molecule has 1 amide bonds. The van der Waals surface area contributed by atoms with Gasteiger partial charge in [0.15, 0.2) is 11.5 Å². The second-order valence-corrected chi connectivity index (χ2v) is 5.86. The van der Waals surface area contributed by atoms with Crippen molar-refractivity contribution in [1.29, 1.82) is 0 Å². The summed E-state index contributed by atoms with van der Waals surface area (Å²) in [5, 5.41) is 0. The number of halogens is 2. The molecule has 0 atom stereocenters. The number of amides is 1. The van der Waals surface area contributed by atoms with Crippen molar-refractivity contribution >= 4 is 11.6 Å². The van der Waals surface area contributed by atoms with Crippen LogP contribution >= 0.6 is 0 Å². The van der Waals surface area contributed by atoms with Crippen molar-refractivity contribution in [2.24, 2.45) is 0 Å². The number of alkyl halides is 2. The molecular weight excluding hydrogens is 346 g/mol. The first kappa shape index (κ1) is 17.8. The van der Waals surface area contributed by atoms with Crippen molar-refractivity contribution in [3.05, 3.63) is 47.5 Å². The van der Waals surface area contributed by atoms with Crippen LogP contribution in [-0.4, -0.2) is 31.3 Å². The van der Waals surface area contributed by atoms with Crippen molar-refractivity contribution in [3.63, 3.8) is 0 Å². The smallest absolute Gasteiger partial charge is 0.387 e. The standard InChI is InChI=1S/C18H18F2N2O4/c1-22(17(23)6-11-2-4-13(21)5-3-11)9-12-7-15-16(25-10-24-15)8-14(12)26-18(19)20/h2-5,7-8,18H,6,9-10,21H2,1H3. The van der Waals surface area contributed by atoms with Gasteiger partial charge < -0.3 is 24.8 Å². The molecular formula is C18H18F2N2O4. The van der Waals surface area contributed by atoms with Crippen molar-refractivity contribution in [2.75, 3.05) is 19.6 Å². The maximum atomic E-state index is 12.7. The van der Waals surface area contributed by atoms with Gasteiger partial charge in [0.1, 0.15) is 5.75 Å². The van der Waals surface area contributed by atoms with Gasteiger partial charge in [0.25, 0.3) is 0 Å². The van der Waals surface area contributed by atoms with Crippen molar-refractivity contribution in [1.82, 2.24) is 4.90 Å². The van der Waals surface area contributed by atoms with Crippen LogP contribution in [0.5, 0.6) is 17.2 Å². The van der Waals surface area contributed by atoms with E-state index in [1.807, 2.05) is 0 Å². The Hall–Kier alpha value is -3.03. The van der Waals surface area contributed by atoms with E-state index in [-0.39, 0.29) is 31.4 Å². The molecule has 1 aliphatic heterocycles. The SMILES string of the molecule is CN(Cc1cc2c(cc1OC(F)F)OCO2)C(=O)Cc1ccc(N)cc1. The van der Waals surface area contributed by atoms with Crippen molar-refractivity contribution in [3.8, 4) is 17.2 Å². The van der Waals surface area contributed by atoms with Crippen LogP contribution in [0, 0.1) is 0 Å². The van der Waals surface area contributed by atoms with Crippen LogP contribution in [0.4, 0.5) is 14.5 Å². The molecule has 0 unspecified atom stereocenters. The van der Waals surface area contributed by atoms with Gasteiger partial charge in [-0.15, -0.1) is 0 Å². The van der Waals surface area contributed by atoms with Crippen LogP contribution < -0.4 is 19.9 Å². The molecule has 0 aromatic heterocycles. The van der Waals surface area contributed by atoms with Gasteiger partial charge in [0.2, 0.25) is 12.7 Å². The number of ether oxygens (including phenoxy) is 3. The average Bonchev–Trinajstić information content (AvgIpc) is 3.03. The van der Waals surface area contributed by atoms with E-state index in [1.165, 1.54) is 11.0 Å². The van der Waals surface area contributed by atoms with Crippen LogP contribution in [0.25, 0.3) is 0 Å². The van der Waals surface area contributed by atoms with Crippen molar-refractivity contribution in [2.45, 2.75) is 19.6 Å². The Balaban J connectivity index is 1.74. The Labute approximate surface area is 149 Å². The quantitative estimate of drug-likeness (QED) is 0.798. The minimum Gasteiger partial charge on any atom is -0.454 e. The maximum absolute atomic E-state index is 12.7. The molecule has 0 aliphatic carbocycles. The minimum absolute atomic E-state index is 0.0127. The number of nitrogens with two attached hydrogens (primary N) is 1. The molecule has 8 heteroatoms. The summed E-state index contributed by atoms with van der Waals surface area (Å²) < 4.78 is 40.4. The molecule has 2 aromatic carbocycles. The molecule has 3 rings (SSSR count). The second kappa shape index (κ2) is 7.47. The fourth-order valence-electron chi connectivity index (χ4n) is 2.58. The highest BCUT2D eigenvalue weighted by Crippen LogP contribution is 2.39. The van der Waals surface area contributed by atoms with E-state index >= 15 is 0 Å². The van der Waals surface area contributed by atoms with Crippen molar-refractivity contribution < 1.29 is 27.8 Å². The predicted octanol–water partition coefficient (Wildman–Crippen LogP) is 2.80. The highest BCUT2D eigenvalue weighted by molar-refractivity contribution is 5.78. The number of nitrogen functional groups attached to an aromatic ring is 1. The number of carbonyl (C=O) groups excluding carboxylic acids is 1. The molecule has 6 nitrogen and oxygen atoms in total. The summed E-state index contributed by atoms with van der Waals surface area (Å²) in [6, 6.07) is 9.87. The summed E-state index contributed by atoms with van der Waals surface area (Å²) in [6.07, 6.45) is 0.173. The Bertz CT molecular complexity index is 797. The zero-order chi connectivity index (χ0) is 18.7. The number of hydrogen-bond donors (Lipinski definition) is 1. The molecule has 26 heavy (non-hydrogen) atoms. The number of hydrogen-bond acceptors (Lipinski definition) is 5. The summed E-state index contributed by atoms with van der Waals surface area (Å²) >= 11 is 0. The summed E-state index contributed by atoms with van der Waals surface area (Å²) in [5.74, 6) is 0.549. The van der Waals surface area contributed by atoms with Gasteiger partial charge in [-0.2, -0.15) is 8.78 Å². The monoisotopic (exact) mass is 364 g/mol. The Kier molecular flexibility index (Phi) is 5.11. The highest BCUT2D eigenvalue weighted by Gasteiger charge is 2.22. The molecule has 2 aromatic rings. The van der Waals surface area contributed by atoms with E-state index in [0.29, 0.717) is 22.7 Å². The first-order chi connectivity index (χ1) is 12.4. The normalized spacial score (nSPS) is 12.3. The minimum atomic E-state index is -2.98. The lowest BCUT2D eigenvalue weighted by molar-refractivity contribution is -0.129. The Morgan fingerprint density at radius 3 is 2.54 bits per heavy atom. The van der Waals surface area contributed by atoms with E-state index in [9.17, 15) is 13.6 Å². The lowest BCUT2D eigenvalue weighted by Crippen LogP contribution is -2.28. The third-order valence-corrected chi connectivity index (χ3v) is 3.94. The van der Waals surface area contributed by atoms with Gasteiger partial charge >= 0.3 is 6.61 Å². The largest absolute Gasteiger partial charge is 0.454 e. The fourth-order valence-corrected chi connectivity index (χ4v) is 2.58. The van der Waals surface area contributed by atoms with Gasteiger partial charge in [0.05, 0.1) is 6.42 Å². The summed E-state index contributed by atoms with van der Waals surface area (Å²) in [5.41, 5.74) is 7.46. The van der Waals surface area contributed by atoms with E-state index in [1.54, 1.807) is 37.4 Å². The molecule has 0 radical (unpaired) electrons. The van der Waals surface area contributed by atoms with Gasteiger partial charge in [-0.1, -0.05) is 12.1 Å². The number of rotatable bonds is 6. The molecule has 0 bridgehead atoms. The predicted molar refractivity (Wildman–Crippen MR) is 90.2 cm³/mol. The van der Waals surface area contributed by atoms with E-state index in [0.717, 1.165) is 5.56 Å². The molecule has 0 fully saturated rings. The summed E-state index contributed by atoms with van der Waals surface area (Å²) in [7, 11) is 1.59. The molecule has 1 aliphatic rings. The molecule has 0 saturated heterocycles. The fraction of sp³-hybridized carbons (Fsp3) is 0.278. The van der Waals surface area contributed by atoms with Crippen LogP contribution in [-0.2, 0) is 17.8 Å². The number of likely N-dealkylation sites (N-methyl/N-ethyl adjacent to an activating group) is 1. The van der Waals surface area contributed by atoms with E-state index < -0.39 is 6.61 Å². The number of fused-ring (bicyclic) bond motifs is 1. The Morgan fingerprint density at radius 1 is 1.23 bits per heavy atom. The van der Waals surface area contributed by atoms with Gasteiger partial charge in [-0.3, -0.25) is 4.79 Å². The summed E-state index contributed by atoms with van der Waals surface area (Å²) in [6.45, 7) is -2.88. The van der Waals surface area contributed by atoms with Gasteiger partial charge in [-0.05, 0) is 23.8 Å². The number of nitrogens with zero attached hydrogens (tertiary/aromatic N) is 1. The maximum Gasteiger partial charge on any atom is 0.387 e. The molecule has 0 spiro atoms. The van der Waals surface area contributed by atoms with Crippen LogP contribution in [0.1, 0.15) is 11.1 Å². The van der Waals surface area contributed by atoms with Gasteiger partial charge in [-0.25, -0.2) is 0 Å². The van der Waals surface area contributed by atoms with Crippen LogP contribution in [0.3, 0.4) is 0 Å². The van der Waals surface area contributed by atoms with Crippen LogP contribution in [0.15, 0.2) is 36.4 Å². The first-order valence-corrected chi connectivity index (χ1v) is 7.88. The topological polar surface area (TPSA) is 74.0 Å². The molecule has 2 N–H and O–H groups in total. The lowest BCUT2D eigenvalue weighted by atomic mass is 10.1. The van der Waals surface area contributed by atoms with Crippen LogP contribution in [0.2, 0.25) is 0 Å². The summed E-state index contributed by atoms with van der Waals surface area (Å²) in [4.78, 5) is 13.9. The number of benzene rings is 2. The molecule has 0 saturated carbocycles. The number of anilines is 1. The Morgan fingerprint density at radius 2 is 1.88 bits per heavy atom. The van der Waals surface area contributed by atoms with E-state index in [2.05, 4.69) is 4.74 Å². The number of carbonyl (C=O) groups is 1. The highest BCUT2D eigenvalue weighted by atomic mass is 19.3. The lowest BCUT2D eigenvalue weighted by Gasteiger charge is -2.20. The van der Waals surface area contributed by atoms with Gasteiger partial charge in [0, 0.05) is 30.9 Å². The third-order valence-electron chi connectivity index (χ3n) is 3.94. The zero-order valence-electron chi connectivity index (χ0n) is 14.1. The van der Waals surface area contributed by atoms with E-state index in [4.69, 9.17) is 15.2 Å². The second-order valence-electron chi connectivity index (χ2n) is 5.86. The molecule has 1 heterocycles. The average molecular weight is 364 g/mol. The first-order valence-electron chi connectivity index (χ1n) is 7.88. The molecule has 138 valence electrons.